The molecule has 0 saturated heterocycles. The van der Waals surface area contributed by atoms with Gasteiger partial charge in [-0.05, 0) is 44.4 Å². The van der Waals surface area contributed by atoms with E-state index in [1.54, 1.807) is 25.1 Å². The van der Waals surface area contributed by atoms with Crippen molar-refractivity contribution in [2.75, 3.05) is 20.3 Å². The fourth-order valence-electron chi connectivity index (χ4n) is 2.83. The van der Waals surface area contributed by atoms with E-state index in [2.05, 4.69) is 5.32 Å². The van der Waals surface area contributed by atoms with E-state index in [9.17, 15) is 14.3 Å². The molecule has 0 radical (unpaired) electrons. The molecule has 0 fully saturated rings. The van der Waals surface area contributed by atoms with Crippen LogP contribution in [0.1, 0.15) is 37.9 Å². The molecular weight excluding hydrogens is 349 g/mol. The maximum Gasteiger partial charge on any atom is 0.337 e. The smallest absolute Gasteiger partial charge is 0.337 e. The molecule has 0 spiro atoms. The molecule has 2 rings (SSSR count). The monoisotopic (exact) mass is 371 g/mol. The van der Waals surface area contributed by atoms with Gasteiger partial charge in [0.25, 0.3) is 0 Å². The van der Waals surface area contributed by atoms with E-state index in [0.29, 0.717) is 35.6 Å². The van der Waals surface area contributed by atoms with Gasteiger partial charge >= 0.3 is 5.97 Å². The lowest BCUT2D eigenvalue weighted by atomic mass is 9.93. The molecule has 2 unspecified atom stereocenters. The zero-order valence-electron chi connectivity index (χ0n) is 14.4. The van der Waals surface area contributed by atoms with Crippen LogP contribution in [0.2, 0.25) is 5.02 Å². The highest BCUT2D eigenvalue weighted by Gasteiger charge is 2.28. The molecule has 7 heteroatoms. The van der Waals surface area contributed by atoms with Gasteiger partial charge in [-0.1, -0.05) is 11.6 Å². The number of halogens is 2. The van der Waals surface area contributed by atoms with Crippen molar-refractivity contribution in [2.45, 2.75) is 38.4 Å². The molecule has 138 valence electrons. The van der Waals surface area contributed by atoms with Crippen LogP contribution in [0.4, 0.5) is 4.39 Å². The lowest BCUT2D eigenvalue weighted by molar-refractivity contribution is -0.139. The molecule has 0 bridgehead atoms. The lowest BCUT2D eigenvalue weighted by Crippen LogP contribution is -2.37. The summed E-state index contributed by atoms with van der Waals surface area (Å²) in [5, 5.41) is 13.6. The van der Waals surface area contributed by atoms with E-state index in [0.717, 1.165) is 0 Å². The Bertz CT molecular complexity index is 650. The number of hydrogen-bond donors (Lipinski definition) is 2. The van der Waals surface area contributed by atoms with E-state index < -0.39 is 18.2 Å². The van der Waals surface area contributed by atoms with Crippen molar-refractivity contribution in [3.05, 3.63) is 40.1 Å². The minimum absolute atomic E-state index is 0.0439. The van der Waals surface area contributed by atoms with Crippen molar-refractivity contribution in [2.24, 2.45) is 0 Å². The van der Waals surface area contributed by atoms with E-state index in [1.165, 1.54) is 7.11 Å². The highest BCUT2D eigenvalue weighted by Crippen LogP contribution is 2.30. The number of methoxy groups -OCH3 is 1. The molecule has 5 nitrogen and oxygen atoms in total. The van der Waals surface area contributed by atoms with Crippen molar-refractivity contribution in [1.82, 2.24) is 5.32 Å². The molecule has 1 aliphatic rings. The highest BCUT2D eigenvalue weighted by atomic mass is 35.5. The first-order chi connectivity index (χ1) is 12.0. The molecule has 0 aromatic heterocycles. The van der Waals surface area contributed by atoms with Crippen LogP contribution < -0.4 is 10.1 Å². The predicted molar refractivity (Wildman–Crippen MR) is 93.8 cm³/mol. The third kappa shape index (κ3) is 4.86. The Kier molecular flexibility index (Phi) is 7.08. The maximum absolute atomic E-state index is 14.6. The molecule has 1 aromatic rings. The second-order valence-corrected chi connectivity index (χ2v) is 6.20. The Morgan fingerprint density at radius 3 is 2.96 bits per heavy atom. The van der Waals surface area contributed by atoms with E-state index in [4.69, 9.17) is 21.1 Å². The molecule has 2 N–H and O–H groups in total. The van der Waals surface area contributed by atoms with Crippen molar-refractivity contribution < 1.29 is 23.8 Å². The number of carbonyl (C=O) groups is 1. The summed E-state index contributed by atoms with van der Waals surface area (Å²) in [6, 6.07) is 4.32. The largest absolute Gasteiger partial charge is 0.510 e. The quantitative estimate of drug-likeness (QED) is 0.712. The summed E-state index contributed by atoms with van der Waals surface area (Å²) in [7, 11) is 1.50. The molecule has 0 heterocycles. The van der Waals surface area contributed by atoms with Gasteiger partial charge in [0, 0.05) is 17.1 Å². The minimum atomic E-state index is -1.37. The number of aliphatic hydroxyl groups excluding tert-OH is 1. The standard InChI is InChI=1S/C18H23ClFNO4/c1-3-25-18(23)12-5-4-6-16(17(12)22)21-10-15(20)13-9-11(24-2)7-8-14(13)19/h7-9,15-16,21-22H,3-6,10H2,1-2H3. The Morgan fingerprint density at radius 1 is 1.52 bits per heavy atom. The van der Waals surface area contributed by atoms with E-state index in [-0.39, 0.29) is 24.5 Å². The average molecular weight is 372 g/mol. The third-order valence-electron chi connectivity index (χ3n) is 4.16. The van der Waals surface area contributed by atoms with Gasteiger partial charge in [0.1, 0.15) is 17.7 Å². The first-order valence-electron chi connectivity index (χ1n) is 8.27. The van der Waals surface area contributed by atoms with E-state index >= 15 is 0 Å². The van der Waals surface area contributed by atoms with Crippen molar-refractivity contribution in [1.29, 1.82) is 0 Å². The Balaban J connectivity index is 2.05. The van der Waals surface area contributed by atoms with Crippen molar-refractivity contribution in [3.8, 4) is 5.75 Å². The number of nitrogens with one attached hydrogen (secondary N) is 1. The van der Waals surface area contributed by atoms with E-state index in [1.807, 2.05) is 0 Å². The number of rotatable bonds is 7. The zero-order chi connectivity index (χ0) is 18.4. The minimum Gasteiger partial charge on any atom is -0.510 e. The molecular formula is C18H23ClFNO4. The number of alkyl halides is 1. The normalized spacial score (nSPS) is 18.8. The van der Waals surface area contributed by atoms with Crippen LogP contribution in [0.25, 0.3) is 0 Å². The van der Waals surface area contributed by atoms with Gasteiger partial charge in [0.05, 0.1) is 25.3 Å². The lowest BCUT2D eigenvalue weighted by Gasteiger charge is -2.25. The number of ether oxygens (including phenoxy) is 2. The average Bonchev–Trinajstić information content (AvgIpc) is 2.61. The van der Waals surface area contributed by atoms with Gasteiger partial charge in [0.15, 0.2) is 0 Å². The molecule has 1 aliphatic carbocycles. The Labute approximate surface area is 151 Å². The number of hydrogen-bond acceptors (Lipinski definition) is 5. The van der Waals surface area contributed by atoms with Crippen molar-refractivity contribution >= 4 is 17.6 Å². The molecule has 25 heavy (non-hydrogen) atoms. The van der Waals surface area contributed by atoms with Crippen LogP contribution in [-0.4, -0.2) is 37.4 Å². The van der Waals surface area contributed by atoms with Crippen LogP contribution in [-0.2, 0) is 9.53 Å². The predicted octanol–water partition coefficient (Wildman–Crippen LogP) is 3.88. The first kappa shape index (κ1) is 19.5. The molecule has 0 saturated carbocycles. The maximum atomic E-state index is 14.6. The first-order valence-corrected chi connectivity index (χ1v) is 8.65. The third-order valence-corrected chi connectivity index (χ3v) is 4.51. The Hall–Kier alpha value is -1.79. The Morgan fingerprint density at radius 2 is 2.28 bits per heavy atom. The number of aliphatic hydroxyl groups is 1. The summed E-state index contributed by atoms with van der Waals surface area (Å²) in [6.45, 7) is 1.91. The zero-order valence-corrected chi connectivity index (χ0v) is 15.1. The second kappa shape index (κ2) is 9.06. The van der Waals surface area contributed by atoms with Gasteiger partial charge in [-0.25, -0.2) is 9.18 Å². The molecule has 0 aliphatic heterocycles. The summed E-state index contributed by atoms with van der Waals surface area (Å²) in [6.07, 6.45) is 0.423. The highest BCUT2D eigenvalue weighted by molar-refractivity contribution is 6.31. The van der Waals surface area contributed by atoms with Crippen molar-refractivity contribution in [3.63, 3.8) is 0 Å². The van der Waals surface area contributed by atoms with Gasteiger partial charge in [-0.3, -0.25) is 0 Å². The SMILES string of the molecule is CCOC(=O)C1=C(O)C(NCC(F)c2cc(OC)ccc2Cl)CCC1. The van der Waals surface area contributed by atoms with Gasteiger partial charge in [-0.15, -0.1) is 0 Å². The van der Waals surface area contributed by atoms with Crippen LogP contribution in [0.3, 0.4) is 0 Å². The summed E-state index contributed by atoms with van der Waals surface area (Å²) in [4.78, 5) is 11.9. The topological polar surface area (TPSA) is 67.8 Å². The summed E-state index contributed by atoms with van der Waals surface area (Å²) in [5.74, 6) is -0.0557. The van der Waals surface area contributed by atoms with Crippen LogP contribution >= 0.6 is 11.6 Å². The fraction of sp³-hybridized carbons (Fsp3) is 0.500. The van der Waals surface area contributed by atoms with Crippen LogP contribution in [0.5, 0.6) is 5.75 Å². The fourth-order valence-corrected chi connectivity index (χ4v) is 3.06. The summed E-state index contributed by atoms with van der Waals surface area (Å²) >= 11 is 6.05. The van der Waals surface area contributed by atoms with Gasteiger partial charge < -0.3 is 19.9 Å². The molecule has 0 amide bonds. The second-order valence-electron chi connectivity index (χ2n) is 5.79. The molecule has 2 atom stereocenters. The number of benzene rings is 1. The van der Waals surface area contributed by atoms with Gasteiger partial charge in [-0.2, -0.15) is 0 Å². The summed E-state index contributed by atoms with van der Waals surface area (Å²) in [5.41, 5.74) is 0.582. The number of esters is 1. The molecule has 1 aromatic carbocycles. The van der Waals surface area contributed by atoms with Crippen LogP contribution in [0, 0.1) is 0 Å². The summed E-state index contributed by atoms with van der Waals surface area (Å²) < 4.78 is 24.6. The van der Waals surface area contributed by atoms with Crippen LogP contribution in [0.15, 0.2) is 29.5 Å². The van der Waals surface area contributed by atoms with Gasteiger partial charge in [0.2, 0.25) is 0 Å². The number of carbonyl (C=O) groups excluding carboxylic acids is 1.